The molecule has 86 valence electrons. The molecular weight excluding hydrogens is 224 g/mol. The fourth-order valence-electron chi connectivity index (χ4n) is 1.07. The maximum Gasteiger partial charge on any atom is 0.331 e. The average Bonchev–Trinajstić information content (AvgIpc) is 2.14. The molecular formula is C13H15ClO2. The van der Waals surface area contributed by atoms with E-state index in [4.69, 9.17) is 16.3 Å². The molecule has 0 aliphatic rings. The molecule has 3 heteroatoms. The summed E-state index contributed by atoms with van der Waals surface area (Å²) >= 11 is 5.75. The van der Waals surface area contributed by atoms with Gasteiger partial charge in [-0.3, -0.25) is 0 Å². The molecule has 0 radical (unpaired) electrons. The van der Waals surface area contributed by atoms with Gasteiger partial charge in [0, 0.05) is 11.1 Å². The van der Waals surface area contributed by atoms with Crippen LogP contribution in [0.1, 0.15) is 26.3 Å². The minimum atomic E-state index is -0.457. The highest BCUT2D eigenvalue weighted by atomic mass is 35.5. The molecule has 0 bridgehead atoms. The highest BCUT2D eigenvalue weighted by Crippen LogP contribution is 2.11. The van der Waals surface area contributed by atoms with Gasteiger partial charge in [0.15, 0.2) is 0 Å². The Balaban J connectivity index is 2.60. The van der Waals surface area contributed by atoms with E-state index in [0.29, 0.717) is 5.02 Å². The largest absolute Gasteiger partial charge is 0.457 e. The molecule has 0 spiro atoms. The lowest BCUT2D eigenvalue weighted by atomic mass is 10.2. The standard InChI is InChI=1S/C13H15ClO2/c1-13(2,3)16-12(15)9-6-10-4-7-11(14)8-5-10/h4-9H,1-3H3. The van der Waals surface area contributed by atoms with E-state index >= 15 is 0 Å². The second-order valence-corrected chi connectivity index (χ2v) is 4.85. The molecule has 1 rings (SSSR count). The van der Waals surface area contributed by atoms with E-state index in [9.17, 15) is 4.79 Å². The highest BCUT2D eigenvalue weighted by molar-refractivity contribution is 6.30. The van der Waals surface area contributed by atoms with Gasteiger partial charge < -0.3 is 4.74 Å². The van der Waals surface area contributed by atoms with Crippen LogP contribution >= 0.6 is 11.6 Å². The number of carbonyl (C=O) groups is 1. The monoisotopic (exact) mass is 238 g/mol. The molecule has 0 heterocycles. The van der Waals surface area contributed by atoms with Gasteiger partial charge in [-0.2, -0.15) is 0 Å². The van der Waals surface area contributed by atoms with Crippen molar-refractivity contribution in [3.63, 3.8) is 0 Å². The lowest BCUT2D eigenvalue weighted by molar-refractivity contribution is -0.148. The Bertz CT molecular complexity index is 385. The number of esters is 1. The van der Waals surface area contributed by atoms with Crippen LogP contribution in [0.4, 0.5) is 0 Å². The van der Waals surface area contributed by atoms with Gasteiger partial charge in [0.1, 0.15) is 5.60 Å². The lowest BCUT2D eigenvalue weighted by Crippen LogP contribution is -2.22. The van der Waals surface area contributed by atoms with Gasteiger partial charge in [-0.15, -0.1) is 0 Å². The highest BCUT2D eigenvalue weighted by Gasteiger charge is 2.13. The smallest absolute Gasteiger partial charge is 0.331 e. The number of carbonyl (C=O) groups excluding carboxylic acids is 1. The third kappa shape index (κ3) is 4.99. The van der Waals surface area contributed by atoms with Crippen LogP contribution in [0, 0.1) is 0 Å². The number of ether oxygens (including phenoxy) is 1. The summed E-state index contributed by atoms with van der Waals surface area (Å²) in [4.78, 5) is 11.4. The molecule has 1 aromatic carbocycles. The Kier molecular flexibility index (Phi) is 4.13. The van der Waals surface area contributed by atoms with Crippen molar-refractivity contribution in [3.05, 3.63) is 40.9 Å². The number of benzene rings is 1. The average molecular weight is 239 g/mol. The normalized spacial score (nSPS) is 11.8. The van der Waals surface area contributed by atoms with Crippen molar-refractivity contribution in [2.75, 3.05) is 0 Å². The fraction of sp³-hybridized carbons (Fsp3) is 0.308. The Morgan fingerprint density at radius 2 is 1.81 bits per heavy atom. The van der Waals surface area contributed by atoms with E-state index in [2.05, 4.69) is 0 Å². The molecule has 0 saturated carbocycles. The van der Waals surface area contributed by atoms with Crippen molar-refractivity contribution in [2.24, 2.45) is 0 Å². The van der Waals surface area contributed by atoms with Crippen LogP contribution in [0.2, 0.25) is 5.02 Å². The van der Waals surface area contributed by atoms with Crippen LogP contribution < -0.4 is 0 Å². The quantitative estimate of drug-likeness (QED) is 0.580. The Morgan fingerprint density at radius 3 is 2.31 bits per heavy atom. The molecule has 0 fully saturated rings. The van der Waals surface area contributed by atoms with Crippen molar-refractivity contribution >= 4 is 23.6 Å². The predicted octanol–water partition coefficient (Wildman–Crippen LogP) is 3.69. The number of hydrogen-bond donors (Lipinski definition) is 0. The van der Waals surface area contributed by atoms with Gasteiger partial charge in [-0.05, 0) is 44.5 Å². The molecule has 0 aliphatic heterocycles. The summed E-state index contributed by atoms with van der Waals surface area (Å²) in [5.74, 6) is -0.345. The zero-order valence-electron chi connectivity index (χ0n) is 9.66. The summed E-state index contributed by atoms with van der Waals surface area (Å²) in [5, 5.41) is 0.675. The van der Waals surface area contributed by atoms with Crippen LogP contribution in [0.3, 0.4) is 0 Å². The van der Waals surface area contributed by atoms with Crippen LogP contribution in [0.15, 0.2) is 30.3 Å². The van der Waals surface area contributed by atoms with Gasteiger partial charge in [0.25, 0.3) is 0 Å². The number of hydrogen-bond acceptors (Lipinski definition) is 2. The van der Waals surface area contributed by atoms with Crippen molar-refractivity contribution in [1.82, 2.24) is 0 Å². The van der Waals surface area contributed by atoms with Crippen molar-refractivity contribution in [1.29, 1.82) is 0 Å². The third-order valence-corrected chi connectivity index (χ3v) is 1.94. The first-order chi connectivity index (χ1) is 7.37. The SMILES string of the molecule is CC(C)(C)OC(=O)C=Cc1ccc(Cl)cc1. The topological polar surface area (TPSA) is 26.3 Å². The first-order valence-electron chi connectivity index (χ1n) is 5.03. The minimum Gasteiger partial charge on any atom is -0.457 e. The van der Waals surface area contributed by atoms with Gasteiger partial charge in [0.2, 0.25) is 0 Å². The second-order valence-electron chi connectivity index (χ2n) is 4.42. The third-order valence-electron chi connectivity index (χ3n) is 1.69. The van der Waals surface area contributed by atoms with Crippen molar-refractivity contribution in [2.45, 2.75) is 26.4 Å². The van der Waals surface area contributed by atoms with E-state index in [1.54, 1.807) is 18.2 Å². The van der Waals surface area contributed by atoms with Gasteiger partial charge in [-0.25, -0.2) is 4.79 Å². The van der Waals surface area contributed by atoms with E-state index in [-0.39, 0.29) is 5.97 Å². The van der Waals surface area contributed by atoms with Gasteiger partial charge in [0.05, 0.1) is 0 Å². The Morgan fingerprint density at radius 1 is 1.25 bits per heavy atom. The van der Waals surface area contributed by atoms with E-state index in [1.165, 1.54) is 6.08 Å². The molecule has 1 aromatic rings. The maximum atomic E-state index is 11.4. The van der Waals surface area contributed by atoms with Crippen LogP contribution in [0.25, 0.3) is 6.08 Å². The molecule has 0 amide bonds. The van der Waals surface area contributed by atoms with Crippen LogP contribution in [-0.4, -0.2) is 11.6 Å². The first-order valence-corrected chi connectivity index (χ1v) is 5.41. The molecule has 16 heavy (non-hydrogen) atoms. The Labute approximate surface area is 101 Å². The summed E-state index contributed by atoms with van der Waals surface area (Å²) in [6.07, 6.45) is 3.11. The molecule has 0 aromatic heterocycles. The van der Waals surface area contributed by atoms with E-state index < -0.39 is 5.60 Å². The summed E-state index contributed by atoms with van der Waals surface area (Å²) in [6.45, 7) is 5.50. The molecule has 0 N–H and O–H groups in total. The molecule has 2 nitrogen and oxygen atoms in total. The summed E-state index contributed by atoms with van der Waals surface area (Å²) in [5.41, 5.74) is 0.455. The number of halogens is 1. The second kappa shape index (κ2) is 5.17. The summed E-state index contributed by atoms with van der Waals surface area (Å²) in [6, 6.07) is 7.22. The summed E-state index contributed by atoms with van der Waals surface area (Å²) < 4.78 is 5.13. The van der Waals surface area contributed by atoms with Crippen LogP contribution in [-0.2, 0) is 9.53 Å². The zero-order chi connectivity index (χ0) is 12.2. The lowest BCUT2D eigenvalue weighted by Gasteiger charge is -2.17. The van der Waals surface area contributed by atoms with E-state index in [0.717, 1.165) is 5.56 Å². The predicted molar refractivity (Wildman–Crippen MR) is 66.3 cm³/mol. The van der Waals surface area contributed by atoms with Gasteiger partial charge >= 0.3 is 5.97 Å². The molecule has 0 atom stereocenters. The zero-order valence-corrected chi connectivity index (χ0v) is 10.4. The maximum absolute atomic E-state index is 11.4. The molecule has 0 aliphatic carbocycles. The first kappa shape index (κ1) is 12.8. The summed E-state index contributed by atoms with van der Waals surface area (Å²) in [7, 11) is 0. The minimum absolute atomic E-state index is 0.345. The van der Waals surface area contributed by atoms with Crippen molar-refractivity contribution < 1.29 is 9.53 Å². The molecule has 0 saturated heterocycles. The van der Waals surface area contributed by atoms with Gasteiger partial charge in [-0.1, -0.05) is 23.7 Å². The number of rotatable bonds is 2. The Hall–Kier alpha value is -1.28. The van der Waals surface area contributed by atoms with Crippen molar-refractivity contribution in [3.8, 4) is 0 Å². The molecule has 0 unspecified atom stereocenters. The fourth-order valence-corrected chi connectivity index (χ4v) is 1.20. The van der Waals surface area contributed by atoms with Crippen LogP contribution in [0.5, 0.6) is 0 Å². The van der Waals surface area contributed by atoms with E-state index in [1.807, 2.05) is 32.9 Å².